The third-order valence-electron chi connectivity index (χ3n) is 1.47. The Kier molecular flexibility index (Phi) is 5.42. The molecule has 1 aromatic carbocycles. The SMILES string of the molecule is CC(C)c1ccccc1.CS(=O)(=O)O. The zero-order valence-electron chi connectivity index (χ0n) is 8.64. The topological polar surface area (TPSA) is 54.4 Å². The van der Waals surface area contributed by atoms with Gasteiger partial charge in [0.1, 0.15) is 0 Å². The fraction of sp³-hybridized carbons (Fsp3) is 0.400. The van der Waals surface area contributed by atoms with Crippen LogP contribution in [0.25, 0.3) is 0 Å². The van der Waals surface area contributed by atoms with Crippen molar-refractivity contribution in [3.05, 3.63) is 35.9 Å². The molecular weight excluding hydrogens is 200 g/mol. The Bertz CT molecular complexity index is 333. The Hall–Kier alpha value is -0.870. The summed E-state index contributed by atoms with van der Waals surface area (Å²) in [6.07, 6.45) is 0.715. The highest BCUT2D eigenvalue weighted by Gasteiger charge is 1.93. The summed E-state index contributed by atoms with van der Waals surface area (Å²) in [6, 6.07) is 10.5. The van der Waals surface area contributed by atoms with Crippen molar-refractivity contribution in [1.29, 1.82) is 0 Å². The second-order valence-corrected chi connectivity index (χ2v) is 4.76. The molecule has 1 rings (SSSR count). The molecule has 0 saturated heterocycles. The van der Waals surface area contributed by atoms with Gasteiger partial charge >= 0.3 is 0 Å². The van der Waals surface area contributed by atoms with Gasteiger partial charge in [0.15, 0.2) is 0 Å². The molecule has 1 N–H and O–H groups in total. The predicted octanol–water partition coefficient (Wildman–Crippen LogP) is 2.31. The Balaban J connectivity index is 0.000000292. The molecule has 0 unspecified atom stereocenters. The molecule has 0 aliphatic heterocycles. The molecule has 3 nitrogen and oxygen atoms in total. The van der Waals surface area contributed by atoms with E-state index in [-0.39, 0.29) is 0 Å². The van der Waals surface area contributed by atoms with Gasteiger partial charge in [0.05, 0.1) is 6.26 Å². The van der Waals surface area contributed by atoms with Crippen molar-refractivity contribution in [2.24, 2.45) is 0 Å². The first-order valence-corrected chi connectivity index (χ1v) is 6.13. The summed E-state index contributed by atoms with van der Waals surface area (Å²) in [6.45, 7) is 4.41. The molecule has 80 valence electrons. The maximum Gasteiger partial charge on any atom is 0.261 e. The Morgan fingerprint density at radius 1 is 1.14 bits per heavy atom. The lowest BCUT2D eigenvalue weighted by Crippen LogP contribution is -1.88. The third-order valence-corrected chi connectivity index (χ3v) is 1.47. The molecule has 0 aromatic heterocycles. The van der Waals surface area contributed by atoms with Crippen LogP contribution in [-0.2, 0) is 10.1 Å². The summed E-state index contributed by atoms with van der Waals surface area (Å²) in [5.74, 6) is 0.659. The average Bonchev–Trinajstić information content (AvgIpc) is 2.03. The summed E-state index contributed by atoms with van der Waals surface area (Å²) in [7, 11) is -3.67. The largest absolute Gasteiger partial charge is 0.286 e. The van der Waals surface area contributed by atoms with Gasteiger partial charge in [0.25, 0.3) is 10.1 Å². The van der Waals surface area contributed by atoms with E-state index in [2.05, 4.69) is 38.1 Å². The fourth-order valence-electron chi connectivity index (χ4n) is 0.838. The Labute approximate surface area is 85.5 Å². The van der Waals surface area contributed by atoms with Crippen molar-refractivity contribution in [2.45, 2.75) is 19.8 Å². The van der Waals surface area contributed by atoms with Gasteiger partial charge in [-0.15, -0.1) is 0 Å². The molecule has 0 spiro atoms. The first kappa shape index (κ1) is 13.1. The van der Waals surface area contributed by atoms with Crippen LogP contribution in [0.4, 0.5) is 0 Å². The molecule has 0 amide bonds. The second-order valence-electron chi connectivity index (χ2n) is 3.30. The smallest absolute Gasteiger partial charge is 0.261 e. The van der Waals surface area contributed by atoms with Crippen LogP contribution in [0.15, 0.2) is 30.3 Å². The maximum absolute atomic E-state index is 9.19. The van der Waals surface area contributed by atoms with E-state index in [9.17, 15) is 8.42 Å². The van der Waals surface area contributed by atoms with Crippen LogP contribution in [0.1, 0.15) is 25.3 Å². The molecule has 0 radical (unpaired) electrons. The molecule has 0 aliphatic rings. The molecule has 14 heavy (non-hydrogen) atoms. The van der Waals surface area contributed by atoms with E-state index in [1.807, 2.05) is 6.07 Å². The van der Waals surface area contributed by atoms with Gasteiger partial charge in [0.2, 0.25) is 0 Å². The van der Waals surface area contributed by atoms with Crippen LogP contribution in [0.3, 0.4) is 0 Å². The Morgan fingerprint density at radius 2 is 1.50 bits per heavy atom. The van der Waals surface area contributed by atoms with Crippen LogP contribution < -0.4 is 0 Å². The number of rotatable bonds is 1. The first-order valence-electron chi connectivity index (χ1n) is 4.28. The van der Waals surface area contributed by atoms with Crippen LogP contribution in [-0.4, -0.2) is 19.2 Å². The zero-order valence-corrected chi connectivity index (χ0v) is 9.45. The van der Waals surface area contributed by atoms with Crippen molar-refractivity contribution in [3.8, 4) is 0 Å². The molecule has 4 heteroatoms. The summed E-state index contributed by atoms with van der Waals surface area (Å²) >= 11 is 0. The van der Waals surface area contributed by atoms with Crippen LogP contribution in [0.2, 0.25) is 0 Å². The highest BCUT2D eigenvalue weighted by molar-refractivity contribution is 7.85. The van der Waals surface area contributed by atoms with Gasteiger partial charge in [-0.1, -0.05) is 44.2 Å². The summed E-state index contributed by atoms with van der Waals surface area (Å²) < 4.78 is 25.9. The van der Waals surface area contributed by atoms with E-state index in [4.69, 9.17) is 4.55 Å². The summed E-state index contributed by atoms with van der Waals surface area (Å²) in [5, 5.41) is 0. The molecule has 0 atom stereocenters. The van der Waals surface area contributed by atoms with Crippen LogP contribution >= 0.6 is 0 Å². The minimum Gasteiger partial charge on any atom is -0.286 e. The minimum absolute atomic E-state index is 0.659. The standard InChI is InChI=1S/C9H12.CH4O3S/c1-8(2)9-6-4-3-5-7-9;1-5(2,3)4/h3-8H,1-2H3;1H3,(H,2,3,4). The number of benzene rings is 1. The average molecular weight is 216 g/mol. The molecular formula is C10H16O3S. The molecule has 0 fully saturated rings. The summed E-state index contributed by atoms with van der Waals surface area (Å²) in [4.78, 5) is 0. The van der Waals surface area contributed by atoms with Crippen molar-refractivity contribution in [3.63, 3.8) is 0 Å². The van der Waals surface area contributed by atoms with Crippen molar-refractivity contribution in [2.75, 3.05) is 6.26 Å². The second kappa shape index (κ2) is 5.78. The molecule has 0 aliphatic carbocycles. The van der Waals surface area contributed by atoms with E-state index < -0.39 is 10.1 Å². The first-order chi connectivity index (χ1) is 6.30. The lowest BCUT2D eigenvalue weighted by molar-refractivity contribution is 0.490. The quantitative estimate of drug-likeness (QED) is 0.733. The Morgan fingerprint density at radius 3 is 1.71 bits per heavy atom. The fourth-order valence-corrected chi connectivity index (χ4v) is 0.838. The molecule has 0 heterocycles. The number of hydrogen-bond donors (Lipinski definition) is 1. The van der Waals surface area contributed by atoms with Crippen LogP contribution in [0, 0.1) is 0 Å². The van der Waals surface area contributed by atoms with E-state index >= 15 is 0 Å². The zero-order chi connectivity index (χ0) is 11.2. The molecule has 0 bridgehead atoms. The lowest BCUT2D eigenvalue weighted by Gasteiger charge is -2.01. The van der Waals surface area contributed by atoms with E-state index in [1.54, 1.807) is 0 Å². The monoisotopic (exact) mass is 216 g/mol. The highest BCUT2D eigenvalue weighted by Crippen LogP contribution is 2.11. The summed E-state index contributed by atoms with van der Waals surface area (Å²) in [5.41, 5.74) is 1.41. The molecule has 0 saturated carbocycles. The van der Waals surface area contributed by atoms with Crippen molar-refractivity contribution < 1.29 is 13.0 Å². The third kappa shape index (κ3) is 9.22. The van der Waals surface area contributed by atoms with Gasteiger partial charge < -0.3 is 0 Å². The minimum atomic E-state index is -3.67. The van der Waals surface area contributed by atoms with E-state index in [0.717, 1.165) is 0 Å². The molecule has 1 aromatic rings. The van der Waals surface area contributed by atoms with Gasteiger partial charge in [-0.2, -0.15) is 8.42 Å². The van der Waals surface area contributed by atoms with Crippen molar-refractivity contribution in [1.82, 2.24) is 0 Å². The van der Waals surface area contributed by atoms with Crippen molar-refractivity contribution >= 4 is 10.1 Å². The van der Waals surface area contributed by atoms with Gasteiger partial charge in [-0.3, -0.25) is 4.55 Å². The normalized spacial score (nSPS) is 10.6. The van der Waals surface area contributed by atoms with Crippen LogP contribution in [0.5, 0.6) is 0 Å². The van der Waals surface area contributed by atoms with Gasteiger partial charge in [-0.05, 0) is 11.5 Å². The van der Waals surface area contributed by atoms with Gasteiger partial charge in [-0.25, -0.2) is 0 Å². The van der Waals surface area contributed by atoms with E-state index in [1.165, 1.54) is 5.56 Å². The number of hydrogen-bond acceptors (Lipinski definition) is 2. The maximum atomic E-state index is 9.19. The predicted molar refractivity (Wildman–Crippen MR) is 58.0 cm³/mol. The van der Waals surface area contributed by atoms with E-state index in [0.29, 0.717) is 12.2 Å². The highest BCUT2D eigenvalue weighted by atomic mass is 32.2. The van der Waals surface area contributed by atoms with Gasteiger partial charge in [0, 0.05) is 0 Å². The lowest BCUT2D eigenvalue weighted by atomic mass is 10.0.